The molecule has 4 rings (SSSR count). The van der Waals surface area contributed by atoms with Crippen LogP contribution in [-0.4, -0.2) is 89.7 Å². The number of carbonyl (C=O) groups is 1. The molecule has 1 amide bonds. The molecule has 1 unspecified atom stereocenters. The van der Waals surface area contributed by atoms with E-state index in [9.17, 15) is 9.90 Å². The van der Waals surface area contributed by atoms with Gasteiger partial charge in [0.25, 0.3) is 0 Å². The molecule has 178 valence electrons. The number of hydrogen-bond acceptors (Lipinski definition) is 10. The predicted molar refractivity (Wildman–Crippen MR) is 121 cm³/mol. The third kappa shape index (κ3) is 4.23. The van der Waals surface area contributed by atoms with Gasteiger partial charge in [-0.25, -0.2) is 9.78 Å². The summed E-state index contributed by atoms with van der Waals surface area (Å²) in [7, 11) is 4.68. The summed E-state index contributed by atoms with van der Waals surface area (Å²) >= 11 is 1.36. The number of nitrogens with zero attached hydrogens (tertiary/aromatic N) is 5. The summed E-state index contributed by atoms with van der Waals surface area (Å²) < 4.78 is 23.2. The van der Waals surface area contributed by atoms with Crippen LogP contribution in [0.5, 0.6) is 23.1 Å². The minimum absolute atomic E-state index is 0.0269. The molecule has 0 saturated carbocycles. The van der Waals surface area contributed by atoms with Crippen molar-refractivity contribution in [3.63, 3.8) is 0 Å². The van der Waals surface area contributed by atoms with Gasteiger partial charge in [-0.05, 0) is 24.6 Å². The molecule has 0 bridgehead atoms. The molecule has 1 N–H and O–H groups in total. The molecule has 0 radical (unpaired) electrons. The smallest absolute Gasteiger partial charge is 0.409 e. The van der Waals surface area contributed by atoms with Crippen molar-refractivity contribution >= 4 is 22.4 Å². The van der Waals surface area contributed by atoms with Crippen LogP contribution in [0.15, 0.2) is 18.5 Å². The number of aromatic nitrogens is 3. The summed E-state index contributed by atoms with van der Waals surface area (Å²) in [4.78, 5) is 21.6. The van der Waals surface area contributed by atoms with Crippen LogP contribution in [0.4, 0.5) is 4.79 Å². The van der Waals surface area contributed by atoms with Gasteiger partial charge in [-0.1, -0.05) is 11.3 Å². The molecule has 1 atom stereocenters. The summed E-state index contributed by atoms with van der Waals surface area (Å²) in [5, 5.41) is 15.1. The molecule has 2 aromatic heterocycles. The Morgan fingerprint density at radius 1 is 1.12 bits per heavy atom. The molecule has 1 aromatic carbocycles. The van der Waals surface area contributed by atoms with Crippen LogP contribution < -0.4 is 14.2 Å². The van der Waals surface area contributed by atoms with Gasteiger partial charge in [0.1, 0.15) is 6.33 Å². The number of benzene rings is 1. The Bertz CT molecular complexity index is 1100. The number of carbonyl (C=O) groups excluding carboxylic acids is 1. The first-order chi connectivity index (χ1) is 16.0. The zero-order chi connectivity index (χ0) is 23.5. The van der Waals surface area contributed by atoms with Crippen molar-refractivity contribution in [1.82, 2.24) is 24.4 Å². The molecule has 1 aliphatic rings. The number of amides is 1. The maximum absolute atomic E-state index is 12.2. The summed E-state index contributed by atoms with van der Waals surface area (Å²) in [6.45, 7) is 4.28. The second-order valence-electron chi connectivity index (χ2n) is 7.33. The maximum Gasteiger partial charge on any atom is 0.409 e. The van der Waals surface area contributed by atoms with Crippen molar-refractivity contribution < 1.29 is 28.8 Å². The Morgan fingerprint density at radius 2 is 1.79 bits per heavy atom. The standard InChI is InChI=1S/C21H27N5O6S/c1-5-32-21(28)25-8-6-24(7-9-25)16(18-19(27)26-20(33-18)22-12-23-26)13-10-14(29-2)17(31-4)15(11-13)30-3/h10-12,16,27H,5-9H2,1-4H3. The average molecular weight is 478 g/mol. The lowest BCUT2D eigenvalue weighted by atomic mass is 10.0. The first-order valence-electron chi connectivity index (χ1n) is 10.5. The predicted octanol–water partition coefficient (Wildman–Crippen LogP) is 2.39. The second kappa shape index (κ2) is 9.71. The summed E-state index contributed by atoms with van der Waals surface area (Å²) in [5.74, 6) is 1.54. The lowest BCUT2D eigenvalue weighted by Crippen LogP contribution is -2.49. The molecule has 33 heavy (non-hydrogen) atoms. The highest BCUT2D eigenvalue weighted by Gasteiger charge is 2.34. The molecule has 0 aliphatic carbocycles. The highest BCUT2D eigenvalue weighted by molar-refractivity contribution is 7.17. The SMILES string of the molecule is CCOC(=O)N1CCN(C(c2cc(OC)c(OC)c(OC)c2)c2sc3ncnn3c2O)CC1. The number of fused-ring (bicyclic) bond motifs is 1. The van der Waals surface area contributed by atoms with Crippen LogP contribution in [0.2, 0.25) is 0 Å². The Balaban J connectivity index is 1.76. The van der Waals surface area contributed by atoms with Crippen LogP contribution in [0.25, 0.3) is 4.96 Å². The van der Waals surface area contributed by atoms with Gasteiger partial charge in [-0.2, -0.15) is 9.61 Å². The monoisotopic (exact) mass is 477 g/mol. The fourth-order valence-electron chi connectivity index (χ4n) is 4.04. The molecule has 1 saturated heterocycles. The van der Waals surface area contributed by atoms with Crippen LogP contribution in [-0.2, 0) is 4.74 Å². The number of rotatable bonds is 7. The van der Waals surface area contributed by atoms with Crippen LogP contribution in [0, 0.1) is 0 Å². The summed E-state index contributed by atoms with van der Waals surface area (Å²) in [6.07, 6.45) is 1.09. The zero-order valence-corrected chi connectivity index (χ0v) is 19.8. The fourth-order valence-corrected chi connectivity index (χ4v) is 5.13. The Labute approximate surface area is 195 Å². The van der Waals surface area contributed by atoms with Crippen LogP contribution >= 0.6 is 11.3 Å². The van der Waals surface area contributed by atoms with Crippen molar-refractivity contribution in [2.24, 2.45) is 0 Å². The van der Waals surface area contributed by atoms with Gasteiger partial charge < -0.3 is 29.0 Å². The van der Waals surface area contributed by atoms with Gasteiger partial charge in [-0.3, -0.25) is 4.90 Å². The molecule has 1 fully saturated rings. The maximum atomic E-state index is 12.2. The van der Waals surface area contributed by atoms with E-state index in [1.165, 1.54) is 22.2 Å². The Hall–Kier alpha value is -3.25. The molecular formula is C21H27N5O6S. The van der Waals surface area contributed by atoms with Gasteiger partial charge in [0.05, 0.1) is 38.9 Å². The number of methoxy groups -OCH3 is 3. The quantitative estimate of drug-likeness (QED) is 0.548. The molecule has 1 aliphatic heterocycles. The largest absolute Gasteiger partial charge is 0.493 e. The van der Waals surface area contributed by atoms with E-state index in [4.69, 9.17) is 18.9 Å². The van der Waals surface area contributed by atoms with E-state index in [2.05, 4.69) is 15.0 Å². The van der Waals surface area contributed by atoms with Gasteiger partial charge in [0, 0.05) is 26.2 Å². The van der Waals surface area contributed by atoms with Crippen molar-refractivity contribution in [2.75, 3.05) is 54.1 Å². The van der Waals surface area contributed by atoms with Crippen molar-refractivity contribution in [1.29, 1.82) is 0 Å². The Kier molecular flexibility index (Phi) is 6.75. The highest BCUT2D eigenvalue weighted by atomic mass is 32.1. The number of hydrogen-bond donors (Lipinski definition) is 1. The molecule has 3 heterocycles. The number of thiazole rings is 1. The summed E-state index contributed by atoms with van der Waals surface area (Å²) in [5.41, 5.74) is 0.842. The molecule has 3 aromatic rings. The minimum atomic E-state index is -0.350. The van der Waals surface area contributed by atoms with E-state index in [0.29, 0.717) is 59.9 Å². The lowest BCUT2D eigenvalue weighted by Gasteiger charge is -2.38. The van der Waals surface area contributed by atoms with E-state index >= 15 is 0 Å². The third-order valence-electron chi connectivity index (χ3n) is 5.60. The van der Waals surface area contributed by atoms with Crippen molar-refractivity contribution in [2.45, 2.75) is 13.0 Å². The van der Waals surface area contributed by atoms with Gasteiger partial charge >= 0.3 is 6.09 Å². The molecule has 12 heteroatoms. The lowest BCUT2D eigenvalue weighted by molar-refractivity contribution is 0.0715. The van der Waals surface area contributed by atoms with Crippen molar-refractivity contribution in [3.05, 3.63) is 28.9 Å². The number of ether oxygens (including phenoxy) is 4. The Morgan fingerprint density at radius 3 is 2.33 bits per heavy atom. The summed E-state index contributed by atoms with van der Waals surface area (Å²) in [6, 6.07) is 3.40. The topological polar surface area (TPSA) is 111 Å². The normalized spacial score (nSPS) is 15.5. The van der Waals surface area contributed by atoms with E-state index in [1.807, 2.05) is 12.1 Å². The first-order valence-corrected chi connectivity index (χ1v) is 11.3. The fraction of sp³-hybridized carbons (Fsp3) is 0.476. The molecular weight excluding hydrogens is 450 g/mol. The van der Waals surface area contributed by atoms with Crippen molar-refractivity contribution in [3.8, 4) is 23.1 Å². The second-order valence-corrected chi connectivity index (χ2v) is 8.34. The highest BCUT2D eigenvalue weighted by Crippen LogP contribution is 2.45. The van der Waals surface area contributed by atoms with E-state index in [-0.39, 0.29) is 18.0 Å². The number of aromatic hydroxyl groups is 1. The van der Waals surface area contributed by atoms with Crippen LogP contribution in [0.3, 0.4) is 0 Å². The van der Waals surface area contributed by atoms with Gasteiger partial charge in [-0.15, -0.1) is 0 Å². The van der Waals surface area contributed by atoms with E-state index < -0.39 is 0 Å². The van der Waals surface area contributed by atoms with E-state index in [1.54, 1.807) is 33.2 Å². The zero-order valence-electron chi connectivity index (χ0n) is 19.0. The van der Waals surface area contributed by atoms with Crippen LogP contribution in [0.1, 0.15) is 23.4 Å². The first kappa shape index (κ1) is 22.9. The number of piperazine rings is 1. The molecule has 11 nitrogen and oxygen atoms in total. The third-order valence-corrected chi connectivity index (χ3v) is 6.68. The minimum Gasteiger partial charge on any atom is -0.493 e. The van der Waals surface area contributed by atoms with Gasteiger partial charge in [0.15, 0.2) is 11.5 Å². The molecule has 0 spiro atoms. The van der Waals surface area contributed by atoms with E-state index in [0.717, 1.165) is 5.56 Å². The van der Waals surface area contributed by atoms with Gasteiger partial charge in [0.2, 0.25) is 16.6 Å². The average Bonchev–Trinajstić information content (AvgIpc) is 3.42.